The summed E-state index contributed by atoms with van der Waals surface area (Å²) in [6.45, 7) is 5.17. The summed E-state index contributed by atoms with van der Waals surface area (Å²) >= 11 is 6.14. The molecule has 0 heterocycles. The maximum Gasteiger partial charge on any atom is 0.264 e. The van der Waals surface area contributed by atoms with Crippen molar-refractivity contribution < 1.29 is 18.0 Å². The van der Waals surface area contributed by atoms with Crippen LogP contribution in [0, 0.1) is 13.8 Å². The quantitative estimate of drug-likeness (QED) is 0.403. The first-order chi connectivity index (χ1) is 17.6. The molecule has 9 heteroatoms. The van der Waals surface area contributed by atoms with Crippen LogP contribution >= 0.6 is 11.6 Å². The first-order valence-corrected chi connectivity index (χ1v) is 13.8. The van der Waals surface area contributed by atoms with Crippen molar-refractivity contribution >= 4 is 39.1 Å². The van der Waals surface area contributed by atoms with Gasteiger partial charge in [0.2, 0.25) is 11.8 Å². The number of nitrogens with one attached hydrogen (secondary N) is 1. The van der Waals surface area contributed by atoms with Crippen molar-refractivity contribution in [1.29, 1.82) is 0 Å². The Morgan fingerprint density at radius 1 is 0.946 bits per heavy atom. The molecule has 37 heavy (non-hydrogen) atoms. The lowest BCUT2D eigenvalue weighted by molar-refractivity contribution is -0.140. The smallest absolute Gasteiger partial charge is 0.264 e. The minimum absolute atomic E-state index is 0.0564. The Hall–Kier alpha value is -3.36. The number of nitrogens with zero attached hydrogens (tertiary/aromatic N) is 2. The standard InChI is InChI=1S/C28H32ClN3O4S/c1-5-25(28(34)30-4)31(18-22-12-10-9-11-20(22)2)27(33)19-32(26-16-15-23(29)17-21(26)3)37(35,36)24-13-7-6-8-14-24/h6-17,25H,5,18-19H2,1-4H3,(H,30,34)/t25-/m0/s1. The van der Waals surface area contributed by atoms with Crippen LogP contribution in [-0.4, -0.2) is 44.8 Å². The van der Waals surface area contributed by atoms with Crippen LogP contribution in [0.5, 0.6) is 0 Å². The maximum atomic E-state index is 13.9. The second-order valence-electron chi connectivity index (χ2n) is 8.74. The van der Waals surface area contributed by atoms with Crippen molar-refractivity contribution in [3.05, 3.63) is 94.5 Å². The summed E-state index contributed by atoms with van der Waals surface area (Å²) in [4.78, 5) is 28.2. The highest BCUT2D eigenvalue weighted by Gasteiger charge is 2.34. The summed E-state index contributed by atoms with van der Waals surface area (Å²) in [6.07, 6.45) is 0.364. The fraction of sp³-hybridized carbons (Fsp3) is 0.286. The maximum absolute atomic E-state index is 13.9. The highest BCUT2D eigenvalue weighted by Crippen LogP contribution is 2.29. The number of hydrogen-bond donors (Lipinski definition) is 1. The number of carbonyl (C=O) groups excluding carboxylic acids is 2. The summed E-state index contributed by atoms with van der Waals surface area (Å²) in [5.41, 5.74) is 2.78. The van der Waals surface area contributed by atoms with Gasteiger partial charge in [0.15, 0.2) is 0 Å². The van der Waals surface area contributed by atoms with E-state index in [1.165, 1.54) is 24.1 Å². The predicted molar refractivity (Wildman–Crippen MR) is 147 cm³/mol. The van der Waals surface area contributed by atoms with Crippen molar-refractivity contribution in [3.63, 3.8) is 0 Å². The number of anilines is 1. The molecule has 2 amide bonds. The van der Waals surface area contributed by atoms with Gasteiger partial charge < -0.3 is 10.2 Å². The van der Waals surface area contributed by atoms with Crippen LogP contribution in [0.2, 0.25) is 5.02 Å². The topological polar surface area (TPSA) is 86.8 Å². The Labute approximate surface area is 224 Å². The van der Waals surface area contributed by atoms with Gasteiger partial charge in [0.1, 0.15) is 12.6 Å². The molecule has 0 spiro atoms. The fourth-order valence-corrected chi connectivity index (χ4v) is 5.92. The zero-order valence-electron chi connectivity index (χ0n) is 21.4. The molecule has 0 aliphatic heterocycles. The molecule has 3 rings (SSSR count). The molecule has 0 radical (unpaired) electrons. The van der Waals surface area contributed by atoms with Crippen LogP contribution in [0.3, 0.4) is 0 Å². The van der Waals surface area contributed by atoms with E-state index in [1.807, 2.05) is 38.1 Å². The van der Waals surface area contributed by atoms with Gasteiger partial charge in [-0.15, -0.1) is 0 Å². The van der Waals surface area contributed by atoms with E-state index in [2.05, 4.69) is 5.32 Å². The zero-order chi connectivity index (χ0) is 27.2. The Morgan fingerprint density at radius 3 is 2.19 bits per heavy atom. The van der Waals surface area contributed by atoms with Gasteiger partial charge in [-0.3, -0.25) is 13.9 Å². The molecule has 0 aliphatic rings. The van der Waals surface area contributed by atoms with E-state index in [0.29, 0.717) is 22.7 Å². The SMILES string of the molecule is CC[C@@H](C(=O)NC)N(Cc1ccccc1C)C(=O)CN(c1ccc(Cl)cc1C)S(=O)(=O)c1ccccc1. The fourth-order valence-electron chi connectivity index (χ4n) is 4.19. The number of amides is 2. The zero-order valence-corrected chi connectivity index (χ0v) is 23.0. The Balaban J connectivity index is 2.10. The number of sulfonamides is 1. The number of rotatable bonds is 10. The second-order valence-corrected chi connectivity index (χ2v) is 11.0. The molecule has 3 aromatic rings. The summed E-state index contributed by atoms with van der Waals surface area (Å²) in [5.74, 6) is -0.808. The lowest BCUT2D eigenvalue weighted by Gasteiger charge is -2.33. The molecule has 0 unspecified atom stereocenters. The van der Waals surface area contributed by atoms with Crippen LogP contribution in [0.15, 0.2) is 77.7 Å². The highest BCUT2D eigenvalue weighted by atomic mass is 35.5. The minimum atomic E-state index is -4.12. The molecule has 1 N–H and O–H groups in total. The van der Waals surface area contributed by atoms with E-state index in [0.717, 1.165) is 15.4 Å². The van der Waals surface area contributed by atoms with E-state index in [-0.39, 0.29) is 17.3 Å². The van der Waals surface area contributed by atoms with Crippen LogP contribution in [0.4, 0.5) is 5.69 Å². The van der Waals surface area contributed by atoms with Crippen molar-refractivity contribution in [1.82, 2.24) is 10.2 Å². The van der Waals surface area contributed by atoms with Gasteiger partial charge in [0.25, 0.3) is 10.0 Å². The molecule has 1 atom stereocenters. The van der Waals surface area contributed by atoms with Crippen molar-refractivity contribution in [2.45, 2.75) is 44.7 Å². The molecule has 0 aromatic heterocycles. The van der Waals surface area contributed by atoms with Crippen molar-refractivity contribution in [3.8, 4) is 0 Å². The van der Waals surface area contributed by atoms with Gasteiger partial charge >= 0.3 is 0 Å². The number of likely N-dealkylation sites (N-methyl/N-ethyl adjacent to an activating group) is 1. The molecule has 0 fully saturated rings. The van der Waals surface area contributed by atoms with Gasteiger partial charge in [0.05, 0.1) is 10.6 Å². The molecule has 196 valence electrons. The minimum Gasteiger partial charge on any atom is -0.357 e. The van der Waals surface area contributed by atoms with Crippen molar-refractivity contribution in [2.75, 3.05) is 17.9 Å². The van der Waals surface area contributed by atoms with E-state index >= 15 is 0 Å². The molecular weight excluding hydrogens is 510 g/mol. The summed E-state index contributed by atoms with van der Waals surface area (Å²) < 4.78 is 28.7. The molecule has 3 aromatic carbocycles. The molecule has 7 nitrogen and oxygen atoms in total. The van der Waals surface area contributed by atoms with Gasteiger partial charge in [0, 0.05) is 18.6 Å². The van der Waals surface area contributed by atoms with Gasteiger partial charge in [-0.05, 0) is 67.3 Å². The van der Waals surface area contributed by atoms with Crippen molar-refractivity contribution in [2.24, 2.45) is 0 Å². The Morgan fingerprint density at radius 2 is 1.59 bits per heavy atom. The number of hydrogen-bond acceptors (Lipinski definition) is 4. The number of carbonyl (C=O) groups is 2. The lowest BCUT2D eigenvalue weighted by atomic mass is 10.1. The largest absolute Gasteiger partial charge is 0.357 e. The van der Waals surface area contributed by atoms with Crippen LogP contribution in [-0.2, 0) is 26.2 Å². The summed E-state index contributed by atoms with van der Waals surface area (Å²) in [7, 11) is -2.60. The van der Waals surface area contributed by atoms with Gasteiger partial charge in [-0.2, -0.15) is 0 Å². The van der Waals surface area contributed by atoms with E-state index < -0.39 is 28.5 Å². The first kappa shape index (κ1) is 28.2. The van der Waals surface area contributed by atoms with Crippen LogP contribution < -0.4 is 9.62 Å². The Bertz CT molecular complexity index is 1360. The third-order valence-electron chi connectivity index (χ3n) is 6.27. The summed E-state index contributed by atoms with van der Waals surface area (Å²) in [6, 6.07) is 19.6. The molecule has 0 saturated carbocycles. The predicted octanol–water partition coefficient (Wildman–Crippen LogP) is 4.71. The number of aryl methyl sites for hydroxylation is 2. The Kier molecular flexibility index (Phi) is 9.34. The molecule has 0 aliphatic carbocycles. The van der Waals surface area contributed by atoms with E-state index in [9.17, 15) is 18.0 Å². The third-order valence-corrected chi connectivity index (χ3v) is 8.28. The van der Waals surface area contributed by atoms with Crippen LogP contribution in [0.25, 0.3) is 0 Å². The van der Waals surface area contributed by atoms with Gasteiger partial charge in [-0.1, -0.05) is 61.0 Å². The third kappa shape index (κ3) is 6.50. The van der Waals surface area contributed by atoms with E-state index in [4.69, 9.17) is 11.6 Å². The second kappa shape index (κ2) is 12.3. The highest BCUT2D eigenvalue weighted by molar-refractivity contribution is 7.92. The summed E-state index contributed by atoms with van der Waals surface area (Å²) in [5, 5.41) is 3.08. The first-order valence-electron chi connectivity index (χ1n) is 12.0. The lowest BCUT2D eigenvalue weighted by Crippen LogP contribution is -2.52. The van der Waals surface area contributed by atoms with Gasteiger partial charge in [-0.25, -0.2) is 8.42 Å². The average molecular weight is 542 g/mol. The molecular formula is C28H32ClN3O4S. The average Bonchev–Trinajstić information content (AvgIpc) is 2.88. The van der Waals surface area contributed by atoms with Crippen LogP contribution in [0.1, 0.15) is 30.0 Å². The number of benzene rings is 3. The molecule has 0 saturated heterocycles. The normalized spacial score (nSPS) is 12.0. The monoisotopic (exact) mass is 541 g/mol. The number of halogens is 1. The molecule has 0 bridgehead atoms. The van der Waals surface area contributed by atoms with E-state index in [1.54, 1.807) is 43.3 Å².